The van der Waals surface area contributed by atoms with Gasteiger partial charge >= 0.3 is 6.18 Å². The van der Waals surface area contributed by atoms with Crippen LogP contribution in [0.5, 0.6) is 0 Å². The van der Waals surface area contributed by atoms with E-state index >= 15 is 0 Å². The van der Waals surface area contributed by atoms with Gasteiger partial charge in [0.15, 0.2) is 0 Å². The highest BCUT2D eigenvalue weighted by molar-refractivity contribution is 4.94. The van der Waals surface area contributed by atoms with Crippen LogP contribution < -0.4 is 5.32 Å². The second-order valence-corrected chi connectivity index (χ2v) is 5.30. The molecule has 2 rings (SSSR count). The molecule has 1 N–H and O–H groups in total. The van der Waals surface area contributed by atoms with E-state index in [1.165, 1.54) is 6.42 Å². The molecular weight excluding hydrogens is 229 g/mol. The number of nitrogens with zero attached hydrogens (tertiary/aromatic N) is 1. The van der Waals surface area contributed by atoms with E-state index in [4.69, 9.17) is 0 Å². The second kappa shape index (κ2) is 5.14. The first kappa shape index (κ1) is 13.1. The number of piperidine rings is 2. The van der Waals surface area contributed by atoms with Gasteiger partial charge in [0.25, 0.3) is 0 Å². The highest BCUT2D eigenvalue weighted by atomic mass is 19.4. The lowest BCUT2D eigenvalue weighted by Gasteiger charge is -2.49. The summed E-state index contributed by atoms with van der Waals surface area (Å²) in [4.78, 5) is 2.12. The SMILES string of the molecule is CNC1CC2CCCC(C1)N2CCC(F)(F)F. The van der Waals surface area contributed by atoms with Gasteiger partial charge in [0.1, 0.15) is 0 Å². The van der Waals surface area contributed by atoms with Gasteiger partial charge in [0.2, 0.25) is 0 Å². The first-order chi connectivity index (χ1) is 7.99. The number of alkyl halides is 3. The Kier molecular flexibility index (Phi) is 3.98. The average molecular weight is 250 g/mol. The molecule has 0 radical (unpaired) electrons. The molecule has 0 amide bonds. The van der Waals surface area contributed by atoms with Gasteiger partial charge in [-0.05, 0) is 32.7 Å². The summed E-state index contributed by atoms with van der Waals surface area (Å²) in [7, 11) is 1.95. The lowest BCUT2D eigenvalue weighted by Crippen LogP contribution is -2.56. The third-order valence-electron chi connectivity index (χ3n) is 4.19. The minimum absolute atomic E-state index is 0.190. The van der Waals surface area contributed by atoms with Crippen molar-refractivity contribution in [3.05, 3.63) is 0 Å². The lowest BCUT2D eigenvalue weighted by molar-refractivity contribution is -0.143. The highest BCUT2D eigenvalue weighted by Gasteiger charge is 2.39. The molecule has 0 saturated carbocycles. The molecule has 17 heavy (non-hydrogen) atoms. The predicted molar refractivity (Wildman–Crippen MR) is 60.9 cm³/mol. The van der Waals surface area contributed by atoms with E-state index in [-0.39, 0.29) is 6.54 Å². The fourth-order valence-corrected chi connectivity index (χ4v) is 3.34. The minimum Gasteiger partial charge on any atom is -0.317 e. The molecule has 2 aliphatic heterocycles. The summed E-state index contributed by atoms with van der Waals surface area (Å²) in [6.45, 7) is 0.190. The molecule has 2 bridgehead atoms. The van der Waals surface area contributed by atoms with Crippen molar-refractivity contribution in [2.45, 2.75) is 62.8 Å². The lowest BCUT2D eigenvalue weighted by atomic mass is 9.81. The fraction of sp³-hybridized carbons (Fsp3) is 1.00. The summed E-state index contributed by atoms with van der Waals surface area (Å²) in [6, 6.07) is 1.22. The van der Waals surface area contributed by atoms with Crippen molar-refractivity contribution < 1.29 is 13.2 Å². The molecule has 100 valence electrons. The van der Waals surface area contributed by atoms with Crippen LogP contribution >= 0.6 is 0 Å². The van der Waals surface area contributed by atoms with Gasteiger partial charge < -0.3 is 5.32 Å². The van der Waals surface area contributed by atoms with Crippen molar-refractivity contribution in [1.82, 2.24) is 10.2 Å². The Morgan fingerprint density at radius 1 is 1.18 bits per heavy atom. The molecule has 2 saturated heterocycles. The van der Waals surface area contributed by atoms with Gasteiger partial charge in [-0.3, -0.25) is 4.90 Å². The van der Waals surface area contributed by atoms with E-state index in [0.29, 0.717) is 18.1 Å². The van der Waals surface area contributed by atoms with Crippen LogP contribution in [-0.2, 0) is 0 Å². The molecule has 2 nitrogen and oxygen atoms in total. The van der Waals surface area contributed by atoms with Crippen LogP contribution in [0.1, 0.15) is 38.5 Å². The first-order valence-electron chi connectivity index (χ1n) is 6.49. The summed E-state index contributed by atoms with van der Waals surface area (Å²) in [5.74, 6) is 0. The molecule has 2 atom stereocenters. The number of nitrogens with one attached hydrogen (secondary N) is 1. The zero-order valence-electron chi connectivity index (χ0n) is 10.3. The topological polar surface area (TPSA) is 15.3 Å². The molecule has 2 unspecified atom stereocenters. The van der Waals surface area contributed by atoms with Gasteiger partial charge in [-0.2, -0.15) is 13.2 Å². The van der Waals surface area contributed by atoms with Gasteiger partial charge in [-0.15, -0.1) is 0 Å². The van der Waals surface area contributed by atoms with Crippen molar-refractivity contribution in [2.24, 2.45) is 0 Å². The molecular formula is C12H21F3N2. The standard InChI is InChI=1S/C12H21F3N2/c1-16-9-7-10-3-2-4-11(8-9)17(10)6-5-12(13,14)15/h9-11,16H,2-8H2,1H3. The van der Waals surface area contributed by atoms with Crippen LogP contribution in [0.15, 0.2) is 0 Å². The molecule has 2 aliphatic rings. The molecule has 2 heterocycles. The van der Waals surface area contributed by atoms with Gasteiger partial charge in [0, 0.05) is 24.7 Å². The van der Waals surface area contributed by atoms with Crippen LogP contribution in [-0.4, -0.2) is 42.8 Å². The Labute approximate surface area is 101 Å². The number of fused-ring (bicyclic) bond motifs is 2. The van der Waals surface area contributed by atoms with Crippen LogP contribution in [0.2, 0.25) is 0 Å². The zero-order chi connectivity index (χ0) is 12.5. The number of hydrogen-bond donors (Lipinski definition) is 1. The van der Waals surface area contributed by atoms with E-state index < -0.39 is 12.6 Å². The largest absolute Gasteiger partial charge is 0.390 e. The maximum atomic E-state index is 12.3. The number of hydrogen-bond acceptors (Lipinski definition) is 2. The normalized spacial score (nSPS) is 34.9. The zero-order valence-corrected chi connectivity index (χ0v) is 10.3. The predicted octanol–water partition coefficient (Wildman–Crippen LogP) is 2.54. The second-order valence-electron chi connectivity index (χ2n) is 5.30. The van der Waals surface area contributed by atoms with E-state index in [0.717, 1.165) is 25.7 Å². The third-order valence-corrected chi connectivity index (χ3v) is 4.19. The fourth-order valence-electron chi connectivity index (χ4n) is 3.34. The Morgan fingerprint density at radius 2 is 1.76 bits per heavy atom. The van der Waals surface area contributed by atoms with E-state index in [9.17, 15) is 13.2 Å². The maximum absolute atomic E-state index is 12.3. The molecule has 0 spiro atoms. The quantitative estimate of drug-likeness (QED) is 0.828. The minimum atomic E-state index is -4.02. The molecule has 0 aromatic heterocycles. The first-order valence-corrected chi connectivity index (χ1v) is 6.49. The van der Waals surface area contributed by atoms with Crippen LogP contribution in [0.4, 0.5) is 13.2 Å². The van der Waals surface area contributed by atoms with E-state index in [2.05, 4.69) is 10.2 Å². The van der Waals surface area contributed by atoms with Crippen molar-refractivity contribution in [2.75, 3.05) is 13.6 Å². The Balaban J connectivity index is 1.93. The summed E-state index contributed by atoms with van der Waals surface area (Å²) in [6.07, 6.45) is 0.626. The Hall–Kier alpha value is -0.290. The number of rotatable bonds is 3. The summed E-state index contributed by atoms with van der Waals surface area (Å²) < 4.78 is 36.9. The van der Waals surface area contributed by atoms with Crippen molar-refractivity contribution >= 4 is 0 Å². The summed E-state index contributed by atoms with van der Waals surface area (Å²) in [5.41, 5.74) is 0. The molecule has 0 aliphatic carbocycles. The smallest absolute Gasteiger partial charge is 0.317 e. The molecule has 0 aromatic carbocycles. The van der Waals surface area contributed by atoms with E-state index in [1.807, 2.05) is 7.05 Å². The summed E-state index contributed by atoms with van der Waals surface area (Å²) >= 11 is 0. The molecule has 5 heteroatoms. The van der Waals surface area contributed by atoms with Crippen LogP contribution in [0.25, 0.3) is 0 Å². The monoisotopic (exact) mass is 250 g/mol. The Morgan fingerprint density at radius 3 is 2.24 bits per heavy atom. The van der Waals surface area contributed by atoms with Gasteiger partial charge in [-0.25, -0.2) is 0 Å². The van der Waals surface area contributed by atoms with Crippen molar-refractivity contribution in [3.8, 4) is 0 Å². The average Bonchev–Trinajstić information content (AvgIpc) is 2.24. The van der Waals surface area contributed by atoms with Crippen LogP contribution in [0.3, 0.4) is 0 Å². The van der Waals surface area contributed by atoms with Gasteiger partial charge in [-0.1, -0.05) is 6.42 Å². The van der Waals surface area contributed by atoms with Crippen molar-refractivity contribution in [1.29, 1.82) is 0 Å². The summed E-state index contributed by atoms with van der Waals surface area (Å²) in [5, 5.41) is 3.28. The number of halogens is 3. The van der Waals surface area contributed by atoms with E-state index in [1.54, 1.807) is 0 Å². The molecule has 0 aromatic rings. The van der Waals surface area contributed by atoms with Crippen molar-refractivity contribution in [3.63, 3.8) is 0 Å². The van der Waals surface area contributed by atoms with Crippen LogP contribution in [0, 0.1) is 0 Å². The maximum Gasteiger partial charge on any atom is 0.390 e. The van der Waals surface area contributed by atoms with Gasteiger partial charge in [0.05, 0.1) is 6.42 Å². The Bertz CT molecular complexity index is 241. The molecule has 2 fully saturated rings. The highest BCUT2D eigenvalue weighted by Crippen LogP contribution is 2.35. The third kappa shape index (κ3) is 3.35.